The van der Waals surface area contributed by atoms with Gasteiger partial charge in [0, 0.05) is 30.6 Å². The lowest BCUT2D eigenvalue weighted by atomic mass is 9.61. The summed E-state index contributed by atoms with van der Waals surface area (Å²) in [5, 5.41) is 0. The predicted octanol–water partition coefficient (Wildman–Crippen LogP) is 4.53. The van der Waals surface area contributed by atoms with Crippen LogP contribution in [-0.4, -0.2) is 67.4 Å². The monoisotopic (exact) mass is 574 g/mol. The van der Waals surface area contributed by atoms with Gasteiger partial charge in [-0.05, 0) is 59.0 Å². The van der Waals surface area contributed by atoms with Crippen molar-refractivity contribution in [3.63, 3.8) is 0 Å². The van der Waals surface area contributed by atoms with Crippen molar-refractivity contribution >= 4 is 23.7 Å². The van der Waals surface area contributed by atoms with Crippen molar-refractivity contribution < 1.29 is 42.9 Å². The zero-order valence-electron chi connectivity index (χ0n) is 25.9. The number of epoxide rings is 1. The Morgan fingerprint density at radius 2 is 1.76 bits per heavy atom. The highest BCUT2D eigenvalue weighted by molar-refractivity contribution is 5.92. The van der Waals surface area contributed by atoms with Gasteiger partial charge in [-0.2, -0.15) is 0 Å². The fourth-order valence-corrected chi connectivity index (χ4v) is 6.04. The smallest absolute Gasteiger partial charge is 0.333 e. The van der Waals surface area contributed by atoms with Gasteiger partial charge in [-0.15, -0.1) is 0 Å². The number of Topliss-reactive ketones (excluding diaryl/α,β-unsaturated/α-hetero) is 1. The van der Waals surface area contributed by atoms with Crippen molar-refractivity contribution in [3.8, 4) is 0 Å². The molecule has 2 aliphatic carbocycles. The number of esters is 3. The fourth-order valence-electron chi connectivity index (χ4n) is 6.04. The van der Waals surface area contributed by atoms with Gasteiger partial charge in [0.1, 0.15) is 6.10 Å². The number of carbonyl (C=O) groups excluding carboxylic acids is 4. The van der Waals surface area contributed by atoms with Crippen LogP contribution in [0.4, 0.5) is 0 Å². The van der Waals surface area contributed by atoms with Crippen LogP contribution in [0.5, 0.6) is 0 Å². The minimum absolute atomic E-state index is 0.287. The average Bonchev–Trinajstić information content (AvgIpc) is 3.63. The summed E-state index contributed by atoms with van der Waals surface area (Å²) >= 11 is 0. The third-order valence-electron chi connectivity index (χ3n) is 9.23. The molecule has 1 unspecified atom stereocenters. The number of ketones is 1. The molecular formula is C32H46O9. The molecule has 9 heteroatoms. The van der Waals surface area contributed by atoms with Crippen molar-refractivity contribution in [1.82, 2.24) is 0 Å². The van der Waals surface area contributed by atoms with E-state index in [0.29, 0.717) is 30.6 Å². The predicted molar refractivity (Wildman–Crippen MR) is 152 cm³/mol. The number of hydrogen-bond donors (Lipinski definition) is 0. The van der Waals surface area contributed by atoms with Crippen LogP contribution in [0.3, 0.4) is 0 Å². The Labute approximate surface area is 243 Å². The Morgan fingerprint density at radius 1 is 1.12 bits per heavy atom. The Kier molecular flexibility index (Phi) is 10.4. The van der Waals surface area contributed by atoms with E-state index < -0.39 is 77.5 Å². The number of methoxy groups -OCH3 is 1. The normalized spacial score (nSPS) is 34.9. The minimum Gasteiger partial charge on any atom is -0.454 e. The first-order chi connectivity index (χ1) is 19.3. The van der Waals surface area contributed by atoms with E-state index in [1.807, 2.05) is 27.7 Å². The summed E-state index contributed by atoms with van der Waals surface area (Å²) in [6.07, 6.45) is 0.452. The maximum atomic E-state index is 14.1. The van der Waals surface area contributed by atoms with Gasteiger partial charge < -0.3 is 23.7 Å². The summed E-state index contributed by atoms with van der Waals surface area (Å²) in [6.45, 7) is 19.1. The number of hydrogen-bond acceptors (Lipinski definition) is 9. The zero-order chi connectivity index (χ0) is 30.8. The molecule has 228 valence electrons. The molecule has 0 spiro atoms. The first-order valence-electron chi connectivity index (χ1n) is 14.6. The molecule has 0 N–H and O–H groups in total. The van der Waals surface area contributed by atoms with E-state index in [2.05, 4.69) is 6.58 Å². The van der Waals surface area contributed by atoms with Gasteiger partial charge in [0.15, 0.2) is 18.0 Å². The van der Waals surface area contributed by atoms with E-state index in [4.69, 9.17) is 23.7 Å². The number of ether oxygens (including phenoxy) is 5. The van der Waals surface area contributed by atoms with Crippen LogP contribution in [0.15, 0.2) is 35.5 Å². The molecule has 1 aliphatic heterocycles. The topological polar surface area (TPSA) is 118 Å². The standard InChI is InChI=1S/C32H46O9/c1-11-16(4)14-21(33)39-27-19(7)22-24(25(32(9)15-38-32)29(27)41-31(36)18(6)13-3)23(20(8)37-10)26(34)28(22)40-30(35)17(5)12-2/h13-14,17,20,22-25,27-29H,7,11-12,15H2,1-6,8-10H3/b16-14+,18-13-/t17?,20-,22+,23-,24+,25+,27+,28+,29-,32-/m1/s1. The molecule has 0 aromatic rings. The number of fused-ring (bicyclic) bond motifs is 1. The molecule has 1 saturated heterocycles. The van der Waals surface area contributed by atoms with Crippen molar-refractivity contribution in [2.75, 3.05) is 13.7 Å². The molecule has 0 radical (unpaired) electrons. The van der Waals surface area contributed by atoms with Gasteiger partial charge in [0.05, 0.1) is 30.1 Å². The summed E-state index contributed by atoms with van der Waals surface area (Å²) < 4.78 is 29.6. The minimum atomic E-state index is -1.15. The van der Waals surface area contributed by atoms with Gasteiger partial charge in [-0.1, -0.05) is 39.0 Å². The number of rotatable bonds is 11. The Hall–Kier alpha value is -2.78. The molecule has 0 amide bonds. The first-order valence-corrected chi connectivity index (χ1v) is 14.6. The van der Waals surface area contributed by atoms with Gasteiger partial charge in [-0.3, -0.25) is 9.59 Å². The van der Waals surface area contributed by atoms with Gasteiger partial charge in [0.2, 0.25) is 0 Å². The van der Waals surface area contributed by atoms with Crippen LogP contribution in [0.2, 0.25) is 0 Å². The molecule has 9 nitrogen and oxygen atoms in total. The molecule has 10 atom stereocenters. The second-order valence-corrected chi connectivity index (χ2v) is 11.9. The lowest BCUT2D eigenvalue weighted by Crippen LogP contribution is -2.58. The van der Waals surface area contributed by atoms with E-state index in [-0.39, 0.29) is 5.78 Å². The van der Waals surface area contributed by atoms with Crippen LogP contribution < -0.4 is 0 Å². The summed E-state index contributed by atoms with van der Waals surface area (Å²) in [4.78, 5) is 53.3. The molecule has 0 aromatic carbocycles. The maximum Gasteiger partial charge on any atom is 0.333 e. The molecular weight excluding hydrogens is 528 g/mol. The second kappa shape index (κ2) is 13.0. The van der Waals surface area contributed by atoms with Crippen molar-refractivity contribution in [2.45, 2.75) is 98.2 Å². The van der Waals surface area contributed by atoms with Crippen molar-refractivity contribution in [1.29, 1.82) is 0 Å². The summed E-state index contributed by atoms with van der Waals surface area (Å²) in [5.74, 6) is -4.87. The third-order valence-corrected chi connectivity index (χ3v) is 9.23. The van der Waals surface area contributed by atoms with E-state index in [9.17, 15) is 19.2 Å². The molecule has 3 fully saturated rings. The summed E-state index contributed by atoms with van der Waals surface area (Å²) in [7, 11) is 1.52. The molecule has 3 rings (SSSR count). The highest BCUT2D eigenvalue weighted by atomic mass is 16.6. The van der Waals surface area contributed by atoms with Crippen LogP contribution in [-0.2, 0) is 42.9 Å². The number of carbonyl (C=O) groups is 4. The molecule has 1 heterocycles. The molecule has 3 aliphatic rings. The Morgan fingerprint density at radius 3 is 2.27 bits per heavy atom. The molecule has 2 saturated carbocycles. The highest BCUT2D eigenvalue weighted by Gasteiger charge is 2.70. The van der Waals surface area contributed by atoms with Crippen LogP contribution in [0.1, 0.15) is 68.2 Å². The lowest BCUT2D eigenvalue weighted by molar-refractivity contribution is -0.179. The third kappa shape index (κ3) is 6.51. The second-order valence-electron chi connectivity index (χ2n) is 11.9. The highest BCUT2D eigenvalue weighted by Crippen LogP contribution is 2.59. The van der Waals surface area contributed by atoms with Crippen LogP contribution in [0.25, 0.3) is 0 Å². The lowest BCUT2D eigenvalue weighted by Gasteiger charge is -2.48. The van der Waals surface area contributed by atoms with Gasteiger partial charge >= 0.3 is 17.9 Å². The SMILES string of the molecule is C=C1[C@H]2[C@@H]([C@@H]([C@@H](C)OC)C(=O)[C@H]2OC(=O)C(C)CC)[C@H]([C@@]2(C)CO2)[C@@H](OC(=O)/C(C)=C\C)[C@H]1OC(=O)/C=C(\C)CC. The molecule has 0 bridgehead atoms. The molecule has 41 heavy (non-hydrogen) atoms. The first kappa shape index (κ1) is 32.7. The molecule has 0 aromatic heterocycles. The van der Waals surface area contributed by atoms with E-state index >= 15 is 0 Å². The maximum absolute atomic E-state index is 14.1. The Balaban J connectivity index is 2.20. The average molecular weight is 575 g/mol. The summed E-state index contributed by atoms with van der Waals surface area (Å²) in [6, 6.07) is 0. The van der Waals surface area contributed by atoms with Gasteiger partial charge in [0.25, 0.3) is 0 Å². The summed E-state index contributed by atoms with van der Waals surface area (Å²) in [5.41, 5.74) is 0.783. The quantitative estimate of drug-likeness (QED) is 0.115. The zero-order valence-corrected chi connectivity index (χ0v) is 25.9. The van der Waals surface area contributed by atoms with Crippen molar-refractivity contribution in [2.24, 2.45) is 29.6 Å². The van der Waals surface area contributed by atoms with E-state index in [0.717, 1.165) is 5.57 Å². The van der Waals surface area contributed by atoms with Crippen LogP contribution in [0, 0.1) is 29.6 Å². The fraction of sp³-hybridized carbons (Fsp3) is 0.688. The van der Waals surface area contributed by atoms with Crippen molar-refractivity contribution in [3.05, 3.63) is 35.5 Å². The van der Waals surface area contributed by atoms with E-state index in [1.165, 1.54) is 13.2 Å². The Bertz CT molecular complexity index is 1110. The van der Waals surface area contributed by atoms with Gasteiger partial charge in [-0.25, -0.2) is 9.59 Å². The van der Waals surface area contributed by atoms with E-state index in [1.54, 1.807) is 33.8 Å². The number of allylic oxidation sites excluding steroid dienone is 2. The largest absolute Gasteiger partial charge is 0.454 e. The van der Waals surface area contributed by atoms with Crippen LogP contribution >= 0.6 is 0 Å².